The summed E-state index contributed by atoms with van der Waals surface area (Å²) >= 11 is 0. The summed E-state index contributed by atoms with van der Waals surface area (Å²) in [6.07, 6.45) is 0.229. The van der Waals surface area contributed by atoms with Crippen LogP contribution in [0.15, 0.2) is 24.3 Å². The Hall–Kier alpha value is -1.84. The van der Waals surface area contributed by atoms with E-state index >= 15 is 0 Å². The minimum atomic E-state index is -0.356. The Morgan fingerprint density at radius 1 is 1.35 bits per heavy atom. The third-order valence-corrected chi connectivity index (χ3v) is 3.68. The van der Waals surface area contributed by atoms with E-state index in [1.807, 2.05) is 18.2 Å². The van der Waals surface area contributed by atoms with Crippen LogP contribution in [0.2, 0.25) is 0 Å². The van der Waals surface area contributed by atoms with Crippen LogP contribution >= 0.6 is 0 Å². The van der Waals surface area contributed by atoms with Gasteiger partial charge in [0.1, 0.15) is 0 Å². The van der Waals surface area contributed by atoms with Crippen molar-refractivity contribution in [2.75, 3.05) is 18.6 Å². The van der Waals surface area contributed by atoms with Crippen LogP contribution in [-0.2, 0) is 19.7 Å². The van der Waals surface area contributed by atoms with Gasteiger partial charge in [0, 0.05) is 18.7 Å². The highest BCUT2D eigenvalue weighted by Crippen LogP contribution is 2.30. The zero-order valence-corrected chi connectivity index (χ0v) is 12.5. The molecule has 1 fully saturated rings. The minimum absolute atomic E-state index is 0.0218. The Morgan fingerprint density at radius 2 is 2.05 bits per heavy atom. The SMILES string of the molecule is COC(=O)C1CC(=O)N(c2cccc(C(C)(C)C)c2)C1. The summed E-state index contributed by atoms with van der Waals surface area (Å²) in [6, 6.07) is 7.95. The maximum atomic E-state index is 12.1. The van der Waals surface area contributed by atoms with Crippen LogP contribution < -0.4 is 4.90 Å². The van der Waals surface area contributed by atoms with Gasteiger partial charge in [-0.15, -0.1) is 0 Å². The normalized spacial score (nSPS) is 19.3. The van der Waals surface area contributed by atoms with Crippen molar-refractivity contribution >= 4 is 17.6 Å². The molecule has 1 saturated heterocycles. The van der Waals surface area contributed by atoms with E-state index in [1.165, 1.54) is 12.7 Å². The molecule has 108 valence electrons. The standard InChI is InChI=1S/C16H21NO3/c1-16(2,3)12-6-5-7-13(9-12)17-10-11(8-14(17)18)15(19)20-4/h5-7,9,11H,8,10H2,1-4H3. The molecule has 4 heteroatoms. The molecule has 2 rings (SSSR count). The van der Waals surface area contributed by atoms with Gasteiger partial charge in [0.25, 0.3) is 0 Å². The second-order valence-corrected chi connectivity index (χ2v) is 6.23. The number of esters is 1. The van der Waals surface area contributed by atoms with E-state index in [2.05, 4.69) is 26.8 Å². The lowest BCUT2D eigenvalue weighted by Crippen LogP contribution is -2.26. The molecule has 1 atom stereocenters. The molecule has 0 radical (unpaired) electrons. The molecule has 1 aromatic carbocycles. The first-order valence-corrected chi connectivity index (χ1v) is 6.81. The first kappa shape index (κ1) is 14.6. The number of carbonyl (C=O) groups excluding carboxylic acids is 2. The Balaban J connectivity index is 2.24. The molecule has 0 aromatic heterocycles. The zero-order valence-electron chi connectivity index (χ0n) is 12.5. The highest BCUT2D eigenvalue weighted by atomic mass is 16.5. The van der Waals surface area contributed by atoms with Gasteiger partial charge in [-0.1, -0.05) is 32.9 Å². The summed E-state index contributed by atoms with van der Waals surface area (Å²) in [5.74, 6) is -0.690. The fourth-order valence-electron chi connectivity index (χ4n) is 2.42. The number of methoxy groups -OCH3 is 1. The average molecular weight is 275 g/mol. The maximum absolute atomic E-state index is 12.1. The van der Waals surface area contributed by atoms with Gasteiger partial charge < -0.3 is 9.64 Å². The Morgan fingerprint density at radius 3 is 2.65 bits per heavy atom. The molecule has 1 aliphatic heterocycles. The molecular formula is C16H21NO3. The molecule has 1 unspecified atom stereocenters. The third-order valence-electron chi connectivity index (χ3n) is 3.68. The van der Waals surface area contributed by atoms with Gasteiger partial charge in [-0.05, 0) is 23.1 Å². The Bertz CT molecular complexity index is 531. The van der Waals surface area contributed by atoms with E-state index in [0.29, 0.717) is 6.54 Å². The van der Waals surface area contributed by atoms with Crippen LogP contribution in [0.3, 0.4) is 0 Å². The van der Waals surface area contributed by atoms with Crippen molar-refractivity contribution in [3.8, 4) is 0 Å². The first-order valence-electron chi connectivity index (χ1n) is 6.81. The summed E-state index contributed by atoms with van der Waals surface area (Å²) in [5.41, 5.74) is 2.05. The Labute approximate surface area is 119 Å². The minimum Gasteiger partial charge on any atom is -0.469 e. The number of carbonyl (C=O) groups is 2. The van der Waals surface area contributed by atoms with Crippen molar-refractivity contribution in [1.82, 2.24) is 0 Å². The third kappa shape index (κ3) is 2.84. The number of ether oxygens (including phenoxy) is 1. The van der Waals surface area contributed by atoms with Crippen molar-refractivity contribution in [2.45, 2.75) is 32.6 Å². The van der Waals surface area contributed by atoms with Gasteiger partial charge in [-0.2, -0.15) is 0 Å². The molecule has 0 aliphatic carbocycles. The van der Waals surface area contributed by atoms with Gasteiger partial charge in [-0.3, -0.25) is 9.59 Å². The highest BCUT2D eigenvalue weighted by Gasteiger charge is 2.36. The Kier molecular flexibility index (Phi) is 3.84. The number of anilines is 1. The van der Waals surface area contributed by atoms with Crippen LogP contribution in [0.5, 0.6) is 0 Å². The summed E-state index contributed by atoms with van der Waals surface area (Å²) in [6.45, 7) is 6.80. The van der Waals surface area contributed by atoms with E-state index < -0.39 is 0 Å². The molecule has 20 heavy (non-hydrogen) atoms. The molecule has 0 saturated carbocycles. The first-order chi connectivity index (χ1) is 9.32. The second-order valence-electron chi connectivity index (χ2n) is 6.23. The maximum Gasteiger partial charge on any atom is 0.311 e. The summed E-state index contributed by atoms with van der Waals surface area (Å²) in [5, 5.41) is 0. The lowest BCUT2D eigenvalue weighted by atomic mass is 9.87. The second kappa shape index (κ2) is 5.27. The van der Waals surface area contributed by atoms with E-state index in [4.69, 9.17) is 4.74 Å². The number of amides is 1. The van der Waals surface area contributed by atoms with Crippen LogP contribution in [0.25, 0.3) is 0 Å². The van der Waals surface area contributed by atoms with Crippen LogP contribution in [-0.4, -0.2) is 25.5 Å². The van der Waals surface area contributed by atoms with Crippen molar-refractivity contribution in [1.29, 1.82) is 0 Å². The van der Waals surface area contributed by atoms with Crippen LogP contribution in [0.4, 0.5) is 5.69 Å². The number of nitrogens with zero attached hydrogens (tertiary/aromatic N) is 1. The van der Waals surface area contributed by atoms with Crippen molar-refractivity contribution in [3.05, 3.63) is 29.8 Å². The van der Waals surface area contributed by atoms with E-state index in [-0.39, 0.29) is 29.6 Å². The van der Waals surface area contributed by atoms with E-state index in [1.54, 1.807) is 4.90 Å². The fraction of sp³-hybridized carbons (Fsp3) is 0.500. The van der Waals surface area contributed by atoms with E-state index in [9.17, 15) is 9.59 Å². The predicted molar refractivity (Wildman–Crippen MR) is 77.6 cm³/mol. The topological polar surface area (TPSA) is 46.6 Å². The zero-order chi connectivity index (χ0) is 14.9. The van der Waals surface area contributed by atoms with Gasteiger partial charge in [-0.25, -0.2) is 0 Å². The average Bonchev–Trinajstić information content (AvgIpc) is 2.79. The smallest absolute Gasteiger partial charge is 0.311 e. The molecule has 0 spiro atoms. The molecular weight excluding hydrogens is 254 g/mol. The van der Waals surface area contributed by atoms with Gasteiger partial charge in [0.2, 0.25) is 5.91 Å². The quantitative estimate of drug-likeness (QED) is 0.779. The molecule has 1 heterocycles. The van der Waals surface area contributed by atoms with Gasteiger partial charge in [0.05, 0.1) is 13.0 Å². The van der Waals surface area contributed by atoms with Crippen molar-refractivity contribution < 1.29 is 14.3 Å². The highest BCUT2D eigenvalue weighted by molar-refractivity contribution is 5.99. The molecule has 0 bridgehead atoms. The number of benzene rings is 1. The fourth-order valence-corrected chi connectivity index (χ4v) is 2.42. The van der Waals surface area contributed by atoms with E-state index in [0.717, 1.165) is 5.69 Å². The van der Waals surface area contributed by atoms with Crippen LogP contribution in [0.1, 0.15) is 32.8 Å². The number of hydrogen-bond acceptors (Lipinski definition) is 3. The lowest BCUT2D eigenvalue weighted by molar-refractivity contribution is -0.145. The van der Waals surface area contributed by atoms with Gasteiger partial charge >= 0.3 is 5.97 Å². The molecule has 1 amide bonds. The molecule has 0 N–H and O–H groups in total. The van der Waals surface area contributed by atoms with Crippen LogP contribution in [0, 0.1) is 5.92 Å². The molecule has 1 aliphatic rings. The summed E-state index contributed by atoms with van der Waals surface area (Å²) in [4.78, 5) is 25.3. The molecule has 4 nitrogen and oxygen atoms in total. The summed E-state index contributed by atoms with van der Waals surface area (Å²) in [7, 11) is 1.36. The van der Waals surface area contributed by atoms with Crippen molar-refractivity contribution in [3.63, 3.8) is 0 Å². The lowest BCUT2D eigenvalue weighted by Gasteiger charge is -2.23. The van der Waals surface area contributed by atoms with Crippen molar-refractivity contribution in [2.24, 2.45) is 5.92 Å². The largest absolute Gasteiger partial charge is 0.469 e. The van der Waals surface area contributed by atoms with Gasteiger partial charge in [0.15, 0.2) is 0 Å². The summed E-state index contributed by atoms with van der Waals surface area (Å²) < 4.78 is 4.73. The monoisotopic (exact) mass is 275 g/mol. The molecule has 1 aromatic rings. The number of rotatable bonds is 2. The number of hydrogen-bond donors (Lipinski definition) is 0. The predicted octanol–water partition coefficient (Wildman–Crippen LogP) is 2.51.